The Morgan fingerprint density at radius 3 is 2.57 bits per heavy atom. The van der Waals surface area contributed by atoms with Gasteiger partial charge in [0.2, 0.25) is 0 Å². The minimum absolute atomic E-state index is 0.195. The quantitative estimate of drug-likeness (QED) is 0.911. The van der Waals surface area contributed by atoms with Gasteiger partial charge in [0.05, 0.1) is 0 Å². The maximum absolute atomic E-state index is 12.5. The van der Waals surface area contributed by atoms with E-state index in [9.17, 15) is 14.7 Å². The first-order valence-corrected chi connectivity index (χ1v) is 7.99. The van der Waals surface area contributed by atoms with Crippen LogP contribution in [-0.2, 0) is 11.3 Å². The van der Waals surface area contributed by atoms with E-state index in [-0.39, 0.29) is 5.91 Å². The van der Waals surface area contributed by atoms with Crippen LogP contribution in [0.15, 0.2) is 24.3 Å². The highest BCUT2D eigenvalue weighted by Crippen LogP contribution is 2.19. The van der Waals surface area contributed by atoms with Crippen molar-refractivity contribution in [3.63, 3.8) is 0 Å². The van der Waals surface area contributed by atoms with Gasteiger partial charge in [-0.2, -0.15) is 11.8 Å². The van der Waals surface area contributed by atoms with Crippen molar-refractivity contribution in [1.82, 2.24) is 9.80 Å². The zero-order valence-corrected chi connectivity index (χ0v) is 13.1. The number of benzene rings is 1. The van der Waals surface area contributed by atoms with Crippen LogP contribution in [0.1, 0.15) is 15.9 Å². The Morgan fingerprint density at radius 2 is 2.00 bits per heavy atom. The van der Waals surface area contributed by atoms with Crippen molar-refractivity contribution < 1.29 is 14.7 Å². The molecule has 1 atom stereocenters. The van der Waals surface area contributed by atoms with Gasteiger partial charge in [-0.1, -0.05) is 12.1 Å². The molecule has 1 saturated heterocycles. The SMILES string of the molecule is CN(C)Cc1ccc(C(=O)N2CCSCC2C(=O)O)cc1. The minimum atomic E-state index is -0.931. The van der Waals surface area contributed by atoms with Crippen LogP contribution in [0, 0.1) is 0 Å². The first-order valence-electron chi connectivity index (χ1n) is 6.84. The van der Waals surface area contributed by atoms with Crippen LogP contribution in [0.25, 0.3) is 0 Å². The molecule has 6 heteroatoms. The highest BCUT2D eigenvalue weighted by Gasteiger charge is 2.32. The lowest BCUT2D eigenvalue weighted by Crippen LogP contribution is -2.50. The highest BCUT2D eigenvalue weighted by atomic mass is 32.2. The smallest absolute Gasteiger partial charge is 0.327 e. The fourth-order valence-corrected chi connectivity index (χ4v) is 3.37. The normalized spacial score (nSPS) is 18.8. The van der Waals surface area contributed by atoms with E-state index in [2.05, 4.69) is 4.90 Å². The zero-order chi connectivity index (χ0) is 15.4. The fourth-order valence-electron chi connectivity index (χ4n) is 2.34. The molecule has 0 spiro atoms. The summed E-state index contributed by atoms with van der Waals surface area (Å²) in [6, 6.07) is 6.67. The number of hydrogen-bond acceptors (Lipinski definition) is 4. The zero-order valence-electron chi connectivity index (χ0n) is 12.3. The van der Waals surface area contributed by atoms with Crippen LogP contribution in [0.3, 0.4) is 0 Å². The number of rotatable bonds is 4. The number of amides is 1. The van der Waals surface area contributed by atoms with Crippen molar-refractivity contribution in [2.24, 2.45) is 0 Å². The Bertz CT molecular complexity index is 516. The molecule has 1 unspecified atom stereocenters. The van der Waals surface area contributed by atoms with Gasteiger partial charge >= 0.3 is 5.97 Å². The molecule has 21 heavy (non-hydrogen) atoms. The third-order valence-corrected chi connectivity index (χ3v) is 4.40. The van der Waals surface area contributed by atoms with Crippen molar-refractivity contribution in [3.05, 3.63) is 35.4 Å². The predicted molar refractivity (Wildman–Crippen MR) is 83.6 cm³/mol. The predicted octanol–water partition coefficient (Wildman–Crippen LogP) is 1.39. The van der Waals surface area contributed by atoms with Crippen molar-refractivity contribution in [3.8, 4) is 0 Å². The van der Waals surface area contributed by atoms with E-state index in [0.29, 0.717) is 17.9 Å². The largest absolute Gasteiger partial charge is 0.480 e. The highest BCUT2D eigenvalue weighted by molar-refractivity contribution is 7.99. The lowest BCUT2D eigenvalue weighted by molar-refractivity contribution is -0.141. The molecule has 114 valence electrons. The summed E-state index contributed by atoms with van der Waals surface area (Å²) in [5.41, 5.74) is 1.68. The second-order valence-electron chi connectivity index (χ2n) is 5.36. The molecule has 0 saturated carbocycles. The van der Waals surface area contributed by atoms with Gasteiger partial charge in [0, 0.05) is 30.2 Å². The van der Waals surface area contributed by atoms with Gasteiger partial charge in [-0.25, -0.2) is 4.79 Å². The lowest BCUT2D eigenvalue weighted by atomic mass is 10.1. The number of thioether (sulfide) groups is 1. The van der Waals surface area contributed by atoms with E-state index in [1.165, 1.54) is 4.90 Å². The third-order valence-electron chi connectivity index (χ3n) is 3.37. The average Bonchev–Trinajstić information content (AvgIpc) is 2.46. The fraction of sp³-hybridized carbons (Fsp3) is 0.467. The van der Waals surface area contributed by atoms with Crippen molar-refractivity contribution in [2.45, 2.75) is 12.6 Å². The van der Waals surface area contributed by atoms with Gasteiger partial charge < -0.3 is 14.9 Å². The third kappa shape index (κ3) is 3.98. The van der Waals surface area contributed by atoms with Crippen LogP contribution in [0.5, 0.6) is 0 Å². The minimum Gasteiger partial charge on any atom is -0.480 e. The molecule has 1 aliphatic rings. The molecule has 5 nitrogen and oxygen atoms in total. The number of hydrogen-bond donors (Lipinski definition) is 1. The maximum Gasteiger partial charge on any atom is 0.327 e. The number of nitrogens with zero attached hydrogens (tertiary/aromatic N) is 2. The number of carbonyl (C=O) groups excluding carboxylic acids is 1. The second kappa shape index (κ2) is 6.95. The Kier molecular flexibility index (Phi) is 5.25. The molecular weight excluding hydrogens is 288 g/mol. The van der Waals surface area contributed by atoms with Gasteiger partial charge in [-0.05, 0) is 31.8 Å². The van der Waals surface area contributed by atoms with Gasteiger partial charge in [0.15, 0.2) is 0 Å². The molecule has 1 aromatic carbocycles. The number of carbonyl (C=O) groups is 2. The van der Waals surface area contributed by atoms with Crippen molar-refractivity contribution in [1.29, 1.82) is 0 Å². The van der Waals surface area contributed by atoms with Gasteiger partial charge in [0.25, 0.3) is 5.91 Å². The van der Waals surface area contributed by atoms with E-state index in [0.717, 1.165) is 17.9 Å². The Balaban J connectivity index is 2.12. The number of carboxylic acid groups (broad SMARTS) is 1. The van der Waals surface area contributed by atoms with Crippen molar-refractivity contribution in [2.75, 3.05) is 32.1 Å². The Morgan fingerprint density at radius 1 is 1.33 bits per heavy atom. The summed E-state index contributed by atoms with van der Waals surface area (Å²) in [4.78, 5) is 27.3. The van der Waals surface area contributed by atoms with Crippen LogP contribution in [-0.4, -0.2) is 65.0 Å². The lowest BCUT2D eigenvalue weighted by Gasteiger charge is -2.32. The first kappa shape index (κ1) is 15.9. The van der Waals surface area contributed by atoms with E-state index < -0.39 is 12.0 Å². The van der Waals surface area contributed by atoms with E-state index in [4.69, 9.17) is 0 Å². The maximum atomic E-state index is 12.5. The van der Waals surface area contributed by atoms with Crippen LogP contribution in [0.2, 0.25) is 0 Å². The Labute approximate surface area is 128 Å². The summed E-state index contributed by atoms with van der Waals surface area (Å²) in [5, 5.41) is 9.23. The molecule has 0 aliphatic carbocycles. The summed E-state index contributed by atoms with van der Waals surface area (Å²) in [6.07, 6.45) is 0. The molecule has 1 aromatic rings. The van der Waals surface area contributed by atoms with Crippen molar-refractivity contribution >= 4 is 23.6 Å². The molecule has 0 radical (unpaired) electrons. The van der Waals surface area contributed by atoms with Gasteiger partial charge in [-0.15, -0.1) is 0 Å². The molecular formula is C15H20N2O3S. The van der Waals surface area contributed by atoms with Crippen LogP contribution in [0.4, 0.5) is 0 Å². The van der Waals surface area contributed by atoms with Crippen LogP contribution < -0.4 is 0 Å². The second-order valence-corrected chi connectivity index (χ2v) is 6.51. The standard InChI is InChI=1S/C15H20N2O3S/c1-16(2)9-11-3-5-12(6-4-11)14(18)17-7-8-21-10-13(17)15(19)20/h3-6,13H,7-10H2,1-2H3,(H,19,20). The number of carboxylic acids is 1. The summed E-state index contributed by atoms with van der Waals surface area (Å²) in [7, 11) is 3.98. The van der Waals surface area contributed by atoms with Crippen LogP contribution >= 0.6 is 11.8 Å². The topological polar surface area (TPSA) is 60.9 Å². The van der Waals surface area contributed by atoms with Gasteiger partial charge in [-0.3, -0.25) is 4.79 Å². The molecule has 1 aliphatic heterocycles. The van der Waals surface area contributed by atoms with Gasteiger partial charge in [0.1, 0.15) is 6.04 Å². The first-order chi connectivity index (χ1) is 9.99. The summed E-state index contributed by atoms with van der Waals surface area (Å²) < 4.78 is 0. The molecule has 1 heterocycles. The summed E-state index contributed by atoms with van der Waals surface area (Å²) in [5.74, 6) is 0.118. The molecule has 2 rings (SSSR count). The molecule has 1 amide bonds. The monoisotopic (exact) mass is 308 g/mol. The molecule has 1 N–H and O–H groups in total. The van der Waals surface area contributed by atoms with E-state index in [1.807, 2.05) is 26.2 Å². The van der Waals surface area contributed by atoms with E-state index >= 15 is 0 Å². The summed E-state index contributed by atoms with van der Waals surface area (Å²) >= 11 is 1.58. The molecule has 0 aromatic heterocycles. The molecule has 1 fully saturated rings. The molecule has 0 bridgehead atoms. The average molecular weight is 308 g/mol. The summed E-state index contributed by atoms with van der Waals surface area (Å²) in [6.45, 7) is 1.30. The number of aliphatic carboxylic acids is 1. The Hall–Kier alpha value is -1.53. The van der Waals surface area contributed by atoms with E-state index in [1.54, 1.807) is 23.9 Å².